The van der Waals surface area contributed by atoms with Crippen molar-refractivity contribution in [2.75, 3.05) is 0 Å². The van der Waals surface area contributed by atoms with E-state index in [-0.39, 0.29) is 94.9 Å². The van der Waals surface area contributed by atoms with Crippen LogP contribution in [0, 0.1) is 0 Å². The molecule has 1 aromatic rings. The van der Waals surface area contributed by atoms with E-state index in [1.54, 1.807) is 0 Å². The van der Waals surface area contributed by atoms with E-state index >= 15 is 0 Å². The van der Waals surface area contributed by atoms with E-state index in [1.807, 2.05) is 20.8 Å². The molecule has 0 aliphatic carbocycles. The predicted octanol–water partition coefficient (Wildman–Crippen LogP) is -3.39. The predicted molar refractivity (Wildman–Crippen MR) is 61.3 cm³/mol. The summed E-state index contributed by atoms with van der Waals surface area (Å²) >= 11 is 0. The van der Waals surface area contributed by atoms with E-state index in [4.69, 9.17) is 10.2 Å². The Labute approximate surface area is 174 Å². The fourth-order valence-electron chi connectivity index (χ4n) is 1.48. The zero-order valence-electron chi connectivity index (χ0n) is 13.4. The summed E-state index contributed by atoms with van der Waals surface area (Å²) in [5, 5.41) is 17.9. The van der Waals surface area contributed by atoms with Gasteiger partial charge in [0.25, 0.3) is 0 Å². The van der Waals surface area contributed by atoms with Gasteiger partial charge in [-0.15, -0.1) is 0 Å². The summed E-state index contributed by atoms with van der Waals surface area (Å²) < 4.78 is 0. The first-order chi connectivity index (χ1) is 7.23. The number of carbonyl (C=O) groups is 2. The Kier molecular flexibility index (Phi) is 9.57. The van der Waals surface area contributed by atoms with Crippen molar-refractivity contribution in [1.29, 1.82) is 0 Å². The second kappa shape index (κ2) is 8.17. The van der Waals surface area contributed by atoms with Gasteiger partial charge in [0, 0.05) is 0 Å². The minimum atomic E-state index is -1.05. The molecule has 0 saturated carbocycles. The molecule has 0 spiro atoms. The number of carboxylic acid groups (broad SMARTS) is 2. The van der Waals surface area contributed by atoms with Crippen LogP contribution in [-0.4, -0.2) is 22.2 Å². The molecule has 0 saturated heterocycles. The van der Waals surface area contributed by atoms with E-state index in [9.17, 15) is 9.59 Å². The molecule has 1 aromatic carbocycles. The van der Waals surface area contributed by atoms with Crippen LogP contribution in [-0.2, 0) is 5.41 Å². The molecule has 90 valence electrons. The zero-order chi connectivity index (χ0) is 12.5. The maximum atomic E-state index is 11.0. The molecule has 0 aromatic heterocycles. The topological polar surface area (TPSA) is 74.6 Å². The Morgan fingerprint density at radius 1 is 1.11 bits per heavy atom. The van der Waals surface area contributed by atoms with Crippen LogP contribution in [0.4, 0.5) is 0 Å². The molecule has 0 atom stereocenters. The molecule has 18 heavy (non-hydrogen) atoms. The van der Waals surface area contributed by atoms with Gasteiger partial charge >= 0.3 is 92.9 Å². The average molecular weight is 286 g/mol. The van der Waals surface area contributed by atoms with E-state index in [2.05, 4.69) is 0 Å². The monoisotopic (exact) mass is 286 g/mol. The molecule has 4 nitrogen and oxygen atoms in total. The molecule has 6 heteroatoms. The zero-order valence-corrected chi connectivity index (χ0v) is 16.6. The van der Waals surface area contributed by atoms with Gasteiger partial charge in [0.05, 0.1) is 11.1 Å². The summed E-state index contributed by atoms with van der Waals surface area (Å²) in [6.45, 7) is 5.54. The second-order valence-electron chi connectivity index (χ2n) is 4.62. The molecule has 0 bridgehead atoms. The van der Waals surface area contributed by atoms with Crippen molar-refractivity contribution in [3.63, 3.8) is 0 Å². The average Bonchev–Trinajstić information content (AvgIpc) is 2.15. The van der Waals surface area contributed by atoms with Gasteiger partial charge in [-0.05, 0) is 29.2 Å². The van der Waals surface area contributed by atoms with Crippen molar-refractivity contribution in [3.05, 3.63) is 34.9 Å². The summed E-state index contributed by atoms with van der Waals surface area (Å²) in [6, 6.07) is 4.07. The smallest absolute Gasteiger partial charge is 1.00 e. The van der Waals surface area contributed by atoms with Gasteiger partial charge in [0.2, 0.25) is 0 Å². The molecular weight excluding hydrogens is 270 g/mol. The molecule has 0 aliphatic rings. The summed E-state index contributed by atoms with van der Waals surface area (Å²) in [7, 11) is 0. The van der Waals surface area contributed by atoms with Gasteiger partial charge < -0.3 is 13.1 Å². The maximum absolute atomic E-state index is 11.0. The number of carboxylic acids is 2. The van der Waals surface area contributed by atoms with Crippen molar-refractivity contribution < 1.29 is 104 Å². The second-order valence-corrected chi connectivity index (χ2v) is 4.62. The van der Waals surface area contributed by atoms with E-state index < -0.39 is 17.4 Å². The molecule has 0 amide bonds. The van der Waals surface area contributed by atoms with Crippen molar-refractivity contribution in [1.82, 2.24) is 0 Å². The minimum Gasteiger partial charge on any atom is -1.00 e. The first-order valence-corrected chi connectivity index (χ1v) is 4.84. The molecule has 0 radical (unpaired) electrons. The third-order valence-corrected chi connectivity index (χ3v) is 2.30. The maximum Gasteiger partial charge on any atom is 1.00 e. The summed E-state index contributed by atoms with van der Waals surface area (Å²) in [6.07, 6.45) is 0. The van der Waals surface area contributed by atoms with Crippen molar-refractivity contribution >= 4 is 11.9 Å². The Morgan fingerprint density at radius 3 is 1.94 bits per heavy atom. The van der Waals surface area contributed by atoms with Crippen molar-refractivity contribution in [2.24, 2.45) is 0 Å². The fourth-order valence-corrected chi connectivity index (χ4v) is 1.48. The van der Waals surface area contributed by atoms with Gasteiger partial charge in [-0.1, -0.05) is 20.8 Å². The summed E-state index contributed by atoms with van der Waals surface area (Å²) in [4.78, 5) is 21.8. The standard InChI is InChI=1S/C12H14O4.K.Na.2H/c1-12(2,3)9-6-7(10(13)14)4-5-8(9)11(15)16;;;;/h4-6H,1-3H3,(H,13,14)(H,15,16);;;;/q;2*+1;2*-1. The summed E-state index contributed by atoms with van der Waals surface area (Å²) in [5.74, 6) is -2.09. The third-order valence-electron chi connectivity index (χ3n) is 2.30. The van der Waals surface area contributed by atoms with Gasteiger partial charge in [-0.2, -0.15) is 0 Å². The Hall–Kier alpha value is 0.796. The van der Waals surface area contributed by atoms with Gasteiger partial charge in [-0.3, -0.25) is 0 Å². The Bertz CT molecular complexity index is 461. The van der Waals surface area contributed by atoms with Crippen LogP contribution in [0.3, 0.4) is 0 Å². The Balaban J connectivity index is -0.000000320. The minimum absolute atomic E-state index is 0. The van der Waals surface area contributed by atoms with E-state index in [0.29, 0.717) is 5.56 Å². The number of hydrogen-bond donors (Lipinski definition) is 2. The van der Waals surface area contributed by atoms with E-state index in [0.717, 1.165) is 0 Å². The van der Waals surface area contributed by atoms with Crippen LogP contribution >= 0.6 is 0 Å². The largest absolute Gasteiger partial charge is 1.00 e. The molecule has 2 N–H and O–H groups in total. The molecule has 0 heterocycles. The summed E-state index contributed by atoms with van der Waals surface area (Å²) in [5.41, 5.74) is 0.381. The Morgan fingerprint density at radius 2 is 1.61 bits per heavy atom. The van der Waals surface area contributed by atoms with Crippen LogP contribution in [0.1, 0.15) is 49.9 Å². The van der Waals surface area contributed by atoms with Crippen LogP contribution in [0.2, 0.25) is 0 Å². The normalized spacial score (nSPS) is 9.94. The third kappa shape index (κ3) is 5.42. The molecule has 1 rings (SSSR count). The van der Waals surface area contributed by atoms with Gasteiger partial charge in [0.15, 0.2) is 0 Å². The molecular formula is C12H16KNaO4. The van der Waals surface area contributed by atoms with Gasteiger partial charge in [-0.25, -0.2) is 9.59 Å². The van der Waals surface area contributed by atoms with Crippen LogP contribution in [0.15, 0.2) is 18.2 Å². The fraction of sp³-hybridized carbons (Fsp3) is 0.333. The quantitative estimate of drug-likeness (QED) is 0.556. The number of aromatic carboxylic acids is 2. The first kappa shape index (κ1) is 21.1. The SMILES string of the molecule is CC(C)(C)c1cc(C(=O)O)ccc1C(=O)O.[H-].[H-].[K+].[Na+]. The molecule has 0 aliphatic heterocycles. The van der Waals surface area contributed by atoms with Crippen LogP contribution in [0.5, 0.6) is 0 Å². The number of rotatable bonds is 2. The van der Waals surface area contributed by atoms with Gasteiger partial charge in [0.1, 0.15) is 0 Å². The van der Waals surface area contributed by atoms with Crippen LogP contribution in [0.25, 0.3) is 0 Å². The molecule has 0 fully saturated rings. The number of hydrogen-bond acceptors (Lipinski definition) is 2. The number of benzene rings is 1. The molecule has 0 unspecified atom stereocenters. The van der Waals surface area contributed by atoms with Crippen molar-refractivity contribution in [2.45, 2.75) is 26.2 Å². The van der Waals surface area contributed by atoms with Crippen LogP contribution < -0.4 is 80.9 Å². The first-order valence-electron chi connectivity index (χ1n) is 4.84. The van der Waals surface area contributed by atoms with Crippen molar-refractivity contribution in [3.8, 4) is 0 Å². The van der Waals surface area contributed by atoms with E-state index in [1.165, 1.54) is 18.2 Å².